The van der Waals surface area contributed by atoms with Crippen molar-refractivity contribution in [1.29, 1.82) is 0 Å². The van der Waals surface area contributed by atoms with Crippen molar-refractivity contribution in [3.63, 3.8) is 0 Å². The van der Waals surface area contributed by atoms with Crippen LogP contribution >= 0.6 is 0 Å². The summed E-state index contributed by atoms with van der Waals surface area (Å²) in [4.78, 5) is 22.8. The summed E-state index contributed by atoms with van der Waals surface area (Å²) in [6.45, 7) is 3.89. The molecule has 0 bridgehead atoms. The standard InChI is InChI=1S/C21H26N4O3/c22-20(26)16-1-3-18(4-2-16)28-21-19(23-9-10-24-21)15-5-11-25(12-6-15)17-7-13-27-14-8-17/h1-4,9-10,15,17H,5-8,11-14H2,(H2,22,26). The molecule has 0 radical (unpaired) electrons. The Hall–Kier alpha value is -2.51. The lowest BCUT2D eigenvalue weighted by atomic mass is 9.91. The van der Waals surface area contributed by atoms with E-state index >= 15 is 0 Å². The van der Waals surface area contributed by atoms with Crippen LogP contribution in [0.1, 0.15) is 47.7 Å². The fraction of sp³-hybridized carbons (Fsp3) is 0.476. The van der Waals surface area contributed by atoms with Crippen molar-refractivity contribution in [2.75, 3.05) is 26.3 Å². The van der Waals surface area contributed by atoms with Gasteiger partial charge in [0.25, 0.3) is 0 Å². The monoisotopic (exact) mass is 382 g/mol. The number of ether oxygens (including phenoxy) is 2. The maximum atomic E-state index is 11.2. The van der Waals surface area contributed by atoms with E-state index < -0.39 is 5.91 Å². The summed E-state index contributed by atoms with van der Waals surface area (Å²) in [6.07, 6.45) is 7.73. The largest absolute Gasteiger partial charge is 0.437 e. The molecular formula is C21H26N4O3. The minimum absolute atomic E-state index is 0.338. The molecule has 0 spiro atoms. The van der Waals surface area contributed by atoms with Crippen molar-refractivity contribution in [1.82, 2.24) is 14.9 Å². The summed E-state index contributed by atoms with van der Waals surface area (Å²) in [5, 5.41) is 0. The Kier molecular flexibility index (Phi) is 5.83. The number of nitrogens with two attached hydrogens (primary N) is 1. The number of carbonyl (C=O) groups excluding carboxylic acids is 1. The molecule has 1 amide bonds. The van der Waals surface area contributed by atoms with Crippen molar-refractivity contribution in [2.24, 2.45) is 5.73 Å². The molecule has 0 unspecified atom stereocenters. The second-order valence-electron chi connectivity index (χ2n) is 7.39. The lowest BCUT2D eigenvalue weighted by Crippen LogP contribution is -2.43. The van der Waals surface area contributed by atoms with Crippen molar-refractivity contribution >= 4 is 5.91 Å². The van der Waals surface area contributed by atoms with Crippen LogP contribution in [0.2, 0.25) is 0 Å². The summed E-state index contributed by atoms with van der Waals surface area (Å²) in [6, 6.07) is 7.41. The van der Waals surface area contributed by atoms with Crippen LogP contribution in [-0.2, 0) is 4.74 Å². The Bertz CT molecular complexity index is 798. The van der Waals surface area contributed by atoms with E-state index in [-0.39, 0.29) is 0 Å². The average molecular weight is 382 g/mol. The molecule has 1 aromatic carbocycles. The number of aromatic nitrogens is 2. The molecule has 1 aromatic heterocycles. The highest BCUT2D eigenvalue weighted by atomic mass is 16.5. The van der Waals surface area contributed by atoms with E-state index in [0.717, 1.165) is 57.7 Å². The van der Waals surface area contributed by atoms with Crippen molar-refractivity contribution < 1.29 is 14.3 Å². The second-order valence-corrected chi connectivity index (χ2v) is 7.39. The minimum atomic E-state index is -0.456. The molecule has 2 saturated heterocycles. The fourth-order valence-electron chi connectivity index (χ4n) is 4.08. The molecule has 2 aliphatic heterocycles. The number of benzene rings is 1. The molecule has 7 heteroatoms. The molecule has 4 rings (SSSR count). The SMILES string of the molecule is NC(=O)c1ccc(Oc2nccnc2C2CCN(C3CCOCC3)CC2)cc1. The number of rotatable bonds is 5. The van der Waals surface area contributed by atoms with Crippen molar-refractivity contribution in [2.45, 2.75) is 37.6 Å². The molecule has 148 valence electrons. The van der Waals surface area contributed by atoms with Crippen LogP contribution in [-0.4, -0.2) is 53.1 Å². The van der Waals surface area contributed by atoms with Crippen LogP contribution in [0.5, 0.6) is 11.6 Å². The maximum absolute atomic E-state index is 11.2. The zero-order valence-corrected chi connectivity index (χ0v) is 15.9. The quantitative estimate of drug-likeness (QED) is 0.855. The van der Waals surface area contributed by atoms with Crippen molar-refractivity contribution in [3.8, 4) is 11.6 Å². The smallest absolute Gasteiger partial charge is 0.248 e. The van der Waals surface area contributed by atoms with Crippen molar-refractivity contribution in [3.05, 3.63) is 47.9 Å². The highest BCUT2D eigenvalue weighted by Gasteiger charge is 2.29. The lowest BCUT2D eigenvalue weighted by molar-refractivity contribution is 0.0249. The Balaban J connectivity index is 1.42. The van der Waals surface area contributed by atoms with E-state index in [1.165, 1.54) is 0 Å². The summed E-state index contributed by atoms with van der Waals surface area (Å²) < 4.78 is 11.5. The lowest BCUT2D eigenvalue weighted by Gasteiger charge is -2.39. The zero-order chi connectivity index (χ0) is 19.3. The predicted octanol–water partition coefficient (Wildman–Crippen LogP) is 2.73. The highest BCUT2D eigenvalue weighted by molar-refractivity contribution is 5.92. The van der Waals surface area contributed by atoms with Gasteiger partial charge in [-0.1, -0.05) is 0 Å². The van der Waals surface area contributed by atoms with E-state index in [4.69, 9.17) is 15.2 Å². The number of nitrogens with zero attached hydrogens (tertiary/aromatic N) is 3. The number of likely N-dealkylation sites (tertiary alicyclic amines) is 1. The third-order valence-corrected chi connectivity index (χ3v) is 5.67. The van der Waals surface area contributed by atoms with Crippen LogP contribution < -0.4 is 10.5 Å². The van der Waals surface area contributed by atoms with Crippen LogP contribution in [0.3, 0.4) is 0 Å². The third kappa shape index (κ3) is 4.31. The van der Waals surface area contributed by atoms with Gasteiger partial charge >= 0.3 is 0 Å². The van der Waals surface area contributed by atoms with E-state index in [0.29, 0.717) is 29.2 Å². The molecule has 0 aliphatic carbocycles. The van der Waals surface area contributed by atoms with Gasteiger partial charge in [-0.2, -0.15) is 0 Å². The summed E-state index contributed by atoms with van der Waals surface area (Å²) in [5.41, 5.74) is 6.65. The topological polar surface area (TPSA) is 90.6 Å². The normalized spacial score (nSPS) is 19.4. The van der Waals surface area contributed by atoms with Crippen LogP contribution in [0.4, 0.5) is 0 Å². The first-order valence-electron chi connectivity index (χ1n) is 9.91. The van der Waals surface area contributed by atoms with E-state index in [2.05, 4.69) is 14.9 Å². The van der Waals surface area contributed by atoms with Gasteiger partial charge in [-0.3, -0.25) is 9.78 Å². The molecule has 3 heterocycles. The Morgan fingerprint density at radius 2 is 1.71 bits per heavy atom. The zero-order valence-electron chi connectivity index (χ0n) is 15.9. The number of primary amides is 1. The predicted molar refractivity (Wildman–Crippen MR) is 104 cm³/mol. The van der Waals surface area contributed by atoms with Gasteiger partial charge in [-0.15, -0.1) is 0 Å². The first-order chi connectivity index (χ1) is 13.7. The first kappa shape index (κ1) is 18.8. The van der Waals surface area contributed by atoms with Gasteiger partial charge < -0.3 is 20.1 Å². The molecule has 0 saturated carbocycles. The highest BCUT2D eigenvalue weighted by Crippen LogP contribution is 2.34. The van der Waals surface area contributed by atoms with Gasteiger partial charge in [0.1, 0.15) is 11.4 Å². The minimum Gasteiger partial charge on any atom is -0.437 e. The second kappa shape index (κ2) is 8.67. The molecule has 2 fully saturated rings. The van der Waals surface area contributed by atoms with Gasteiger partial charge in [0.05, 0.1) is 0 Å². The van der Waals surface area contributed by atoms with Gasteiger partial charge in [0.2, 0.25) is 11.8 Å². The molecule has 28 heavy (non-hydrogen) atoms. The average Bonchev–Trinajstić information content (AvgIpc) is 2.75. The number of hydrogen-bond acceptors (Lipinski definition) is 6. The third-order valence-electron chi connectivity index (χ3n) is 5.67. The Morgan fingerprint density at radius 1 is 1.04 bits per heavy atom. The van der Waals surface area contributed by atoms with Crippen LogP contribution in [0, 0.1) is 0 Å². The molecule has 2 aliphatic rings. The van der Waals surface area contributed by atoms with Gasteiger partial charge in [-0.05, 0) is 63.0 Å². The number of piperidine rings is 1. The van der Waals surface area contributed by atoms with Gasteiger partial charge in [0, 0.05) is 43.1 Å². The number of hydrogen-bond donors (Lipinski definition) is 1. The summed E-state index contributed by atoms with van der Waals surface area (Å²) in [5.74, 6) is 1.04. The maximum Gasteiger partial charge on any atom is 0.248 e. The Labute approximate surface area is 164 Å². The number of carbonyl (C=O) groups is 1. The van der Waals surface area contributed by atoms with E-state index in [9.17, 15) is 4.79 Å². The summed E-state index contributed by atoms with van der Waals surface area (Å²) >= 11 is 0. The number of amides is 1. The van der Waals surface area contributed by atoms with E-state index in [1.807, 2.05) is 0 Å². The van der Waals surface area contributed by atoms with E-state index in [1.54, 1.807) is 36.7 Å². The summed E-state index contributed by atoms with van der Waals surface area (Å²) in [7, 11) is 0. The molecular weight excluding hydrogens is 356 g/mol. The molecule has 2 aromatic rings. The molecule has 7 nitrogen and oxygen atoms in total. The van der Waals surface area contributed by atoms with Gasteiger partial charge in [-0.25, -0.2) is 4.98 Å². The first-order valence-corrected chi connectivity index (χ1v) is 9.91. The van der Waals surface area contributed by atoms with Crippen LogP contribution in [0.15, 0.2) is 36.7 Å². The fourth-order valence-corrected chi connectivity index (χ4v) is 4.08. The molecule has 2 N–H and O–H groups in total. The van der Waals surface area contributed by atoms with Crippen LogP contribution in [0.25, 0.3) is 0 Å². The Morgan fingerprint density at radius 3 is 2.39 bits per heavy atom. The van der Waals surface area contributed by atoms with Gasteiger partial charge in [0.15, 0.2) is 0 Å². The molecule has 0 atom stereocenters.